The van der Waals surface area contributed by atoms with E-state index < -0.39 is 0 Å². The summed E-state index contributed by atoms with van der Waals surface area (Å²) in [6.07, 6.45) is 2.63. The van der Waals surface area contributed by atoms with Gasteiger partial charge in [0, 0.05) is 22.6 Å². The Kier molecular flexibility index (Phi) is 3.01. The van der Waals surface area contributed by atoms with Gasteiger partial charge in [-0.1, -0.05) is 39.0 Å². The van der Waals surface area contributed by atoms with Crippen LogP contribution in [0.2, 0.25) is 0 Å². The van der Waals surface area contributed by atoms with E-state index >= 15 is 0 Å². The third-order valence-electron chi connectivity index (χ3n) is 5.14. The molecular formula is C16H21NS. The van der Waals surface area contributed by atoms with E-state index in [1.165, 1.54) is 23.4 Å². The molecule has 1 aromatic rings. The third kappa shape index (κ3) is 1.91. The largest absolute Gasteiger partial charge is 0.220 e. The van der Waals surface area contributed by atoms with Crippen molar-refractivity contribution < 1.29 is 0 Å². The lowest BCUT2D eigenvalue weighted by Crippen LogP contribution is -2.55. The smallest absolute Gasteiger partial charge is 0.0305 e. The molecule has 96 valence electrons. The Morgan fingerprint density at radius 2 is 1.94 bits per heavy atom. The van der Waals surface area contributed by atoms with Crippen molar-refractivity contribution >= 4 is 17.7 Å². The van der Waals surface area contributed by atoms with Crippen LogP contribution < -0.4 is 0 Å². The van der Waals surface area contributed by atoms with Crippen LogP contribution in [0.3, 0.4) is 0 Å². The molecule has 1 aromatic carbocycles. The summed E-state index contributed by atoms with van der Waals surface area (Å²) >= 11 is 1.64. The average molecular weight is 259 g/mol. The average Bonchev–Trinajstić information content (AvgIpc) is 2.38. The third-order valence-corrected chi connectivity index (χ3v) is 5.95. The molecule has 1 nitrogen and oxygen atoms in total. The normalized spacial score (nSPS) is 35.3. The summed E-state index contributed by atoms with van der Waals surface area (Å²) in [5.74, 6) is 2.39. The van der Waals surface area contributed by atoms with Gasteiger partial charge in [0.15, 0.2) is 0 Å². The van der Waals surface area contributed by atoms with Crippen molar-refractivity contribution in [1.29, 1.82) is 0 Å². The summed E-state index contributed by atoms with van der Waals surface area (Å²) in [6, 6.07) is 10.5. The molecule has 2 heteroatoms. The molecule has 0 aliphatic heterocycles. The van der Waals surface area contributed by atoms with Gasteiger partial charge in [-0.3, -0.25) is 0 Å². The van der Waals surface area contributed by atoms with Gasteiger partial charge in [0.05, 0.1) is 0 Å². The van der Waals surface area contributed by atoms with Crippen molar-refractivity contribution in [3.05, 3.63) is 30.3 Å². The van der Waals surface area contributed by atoms with Crippen LogP contribution >= 0.6 is 11.9 Å². The molecule has 4 rings (SSSR count). The number of hydrogen-bond donors (Lipinski definition) is 0. The minimum atomic E-state index is 0.551. The summed E-state index contributed by atoms with van der Waals surface area (Å²) in [7, 11) is 0. The second kappa shape index (κ2) is 4.41. The first-order chi connectivity index (χ1) is 8.59. The SMILES string of the molecule is CC1/C(=N/Sc2ccccc2)CC2CC1C2(C)C. The first kappa shape index (κ1) is 12.3. The first-order valence-corrected chi connectivity index (χ1v) is 7.65. The zero-order chi connectivity index (χ0) is 12.8. The van der Waals surface area contributed by atoms with Gasteiger partial charge in [0.2, 0.25) is 0 Å². The van der Waals surface area contributed by atoms with E-state index in [1.807, 2.05) is 0 Å². The van der Waals surface area contributed by atoms with E-state index in [-0.39, 0.29) is 0 Å². The molecule has 0 radical (unpaired) electrons. The summed E-state index contributed by atoms with van der Waals surface area (Å²) in [5, 5.41) is 0. The van der Waals surface area contributed by atoms with Crippen LogP contribution in [0, 0.1) is 23.2 Å². The predicted octanol–water partition coefficient (Wildman–Crippen LogP) is 4.84. The van der Waals surface area contributed by atoms with Crippen molar-refractivity contribution in [1.82, 2.24) is 0 Å². The fourth-order valence-corrected chi connectivity index (χ4v) is 4.38. The molecule has 3 atom stereocenters. The molecule has 0 saturated heterocycles. The molecule has 0 amide bonds. The van der Waals surface area contributed by atoms with Gasteiger partial charge >= 0.3 is 0 Å². The molecular weight excluding hydrogens is 238 g/mol. The van der Waals surface area contributed by atoms with Gasteiger partial charge in [-0.2, -0.15) is 0 Å². The van der Waals surface area contributed by atoms with E-state index in [0.29, 0.717) is 11.3 Å². The zero-order valence-corrected chi connectivity index (χ0v) is 12.2. The minimum Gasteiger partial charge on any atom is -0.220 e. The molecule has 3 saturated carbocycles. The van der Waals surface area contributed by atoms with Crippen LogP contribution in [0.25, 0.3) is 0 Å². The van der Waals surface area contributed by atoms with Gasteiger partial charge in [-0.05, 0) is 48.1 Å². The molecule has 2 bridgehead atoms. The summed E-state index contributed by atoms with van der Waals surface area (Å²) < 4.78 is 4.81. The zero-order valence-electron chi connectivity index (χ0n) is 11.4. The van der Waals surface area contributed by atoms with Gasteiger partial charge in [-0.25, -0.2) is 4.40 Å². The second-order valence-corrected chi connectivity index (χ2v) is 7.18. The van der Waals surface area contributed by atoms with Crippen LogP contribution in [-0.4, -0.2) is 5.71 Å². The van der Waals surface area contributed by atoms with E-state index in [4.69, 9.17) is 4.40 Å². The number of fused-ring (bicyclic) bond motifs is 2. The molecule has 3 unspecified atom stereocenters. The Labute approximate surface area is 114 Å². The molecule has 0 N–H and O–H groups in total. The van der Waals surface area contributed by atoms with Crippen molar-refractivity contribution in [2.45, 2.75) is 38.5 Å². The topological polar surface area (TPSA) is 12.4 Å². The van der Waals surface area contributed by atoms with Crippen LogP contribution in [0.15, 0.2) is 39.6 Å². The minimum absolute atomic E-state index is 0.551. The van der Waals surface area contributed by atoms with Gasteiger partial charge in [-0.15, -0.1) is 0 Å². The van der Waals surface area contributed by atoms with E-state index in [2.05, 4.69) is 51.1 Å². The predicted molar refractivity (Wildman–Crippen MR) is 78.9 cm³/mol. The molecule has 18 heavy (non-hydrogen) atoms. The maximum absolute atomic E-state index is 4.81. The summed E-state index contributed by atoms with van der Waals surface area (Å²) in [4.78, 5) is 1.25. The van der Waals surface area contributed by atoms with Crippen LogP contribution in [0.1, 0.15) is 33.6 Å². The lowest BCUT2D eigenvalue weighted by Gasteiger charge is -2.59. The quantitative estimate of drug-likeness (QED) is 0.692. The standard InChI is InChI=1S/C16H21NS/c1-11-14-9-12(16(14,2)3)10-15(11)17-18-13-7-5-4-6-8-13/h4-8,11-12,14H,9-10H2,1-3H3/b17-15+. The maximum atomic E-state index is 4.81. The van der Waals surface area contributed by atoms with Crippen molar-refractivity contribution in [3.63, 3.8) is 0 Å². The van der Waals surface area contributed by atoms with Crippen molar-refractivity contribution in [3.8, 4) is 0 Å². The van der Waals surface area contributed by atoms with Gasteiger partial charge in [0.25, 0.3) is 0 Å². The lowest BCUT2D eigenvalue weighted by molar-refractivity contribution is -0.0518. The second-order valence-electron chi connectivity index (χ2n) is 6.34. The number of hydrogen-bond acceptors (Lipinski definition) is 2. The Bertz CT molecular complexity index is 463. The number of benzene rings is 1. The van der Waals surface area contributed by atoms with E-state index in [1.54, 1.807) is 11.9 Å². The monoisotopic (exact) mass is 259 g/mol. The molecule has 0 aromatic heterocycles. The highest BCUT2D eigenvalue weighted by Gasteiger charge is 2.55. The summed E-state index contributed by atoms with van der Waals surface area (Å²) in [6.45, 7) is 7.24. The maximum Gasteiger partial charge on any atom is 0.0305 e. The van der Waals surface area contributed by atoms with E-state index in [0.717, 1.165) is 11.8 Å². The molecule has 0 spiro atoms. The Morgan fingerprint density at radius 3 is 2.56 bits per heavy atom. The molecule has 3 aliphatic carbocycles. The van der Waals surface area contributed by atoms with Gasteiger partial charge in [0.1, 0.15) is 0 Å². The van der Waals surface area contributed by atoms with Crippen LogP contribution in [0.4, 0.5) is 0 Å². The van der Waals surface area contributed by atoms with Gasteiger partial charge < -0.3 is 0 Å². The van der Waals surface area contributed by atoms with Crippen LogP contribution in [0.5, 0.6) is 0 Å². The molecule has 0 heterocycles. The fraction of sp³-hybridized carbons (Fsp3) is 0.562. The highest BCUT2D eigenvalue weighted by atomic mass is 32.2. The highest BCUT2D eigenvalue weighted by molar-refractivity contribution is 7.98. The molecule has 3 fully saturated rings. The molecule has 3 aliphatic rings. The first-order valence-electron chi connectivity index (χ1n) is 6.88. The number of rotatable bonds is 2. The van der Waals surface area contributed by atoms with Crippen molar-refractivity contribution in [2.75, 3.05) is 0 Å². The highest BCUT2D eigenvalue weighted by Crippen LogP contribution is 2.60. The fourth-order valence-electron chi connectivity index (χ4n) is 3.63. The van der Waals surface area contributed by atoms with Crippen LogP contribution in [-0.2, 0) is 0 Å². The Hall–Kier alpha value is -0.760. The van der Waals surface area contributed by atoms with Crippen molar-refractivity contribution in [2.24, 2.45) is 27.6 Å². The Morgan fingerprint density at radius 1 is 1.22 bits per heavy atom. The lowest BCUT2D eigenvalue weighted by atomic mass is 9.45. The van der Waals surface area contributed by atoms with E-state index in [9.17, 15) is 0 Å². The number of nitrogens with zero attached hydrogens (tertiary/aromatic N) is 1. The Balaban J connectivity index is 1.72. The summed E-state index contributed by atoms with van der Waals surface area (Å²) in [5.41, 5.74) is 1.99.